The highest BCUT2D eigenvalue weighted by molar-refractivity contribution is 6.07. The summed E-state index contributed by atoms with van der Waals surface area (Å²) in [6, 6.07) is 9.59. The Morgan fingerprint density at radius 1 is 1.14 bits per heavy atom. The Bertz CT molecular complexity index is 671. The van der Waals surface area contributed by atoms with E-state index in [2.05, 4.69) is 15.5 Å². The number of benzene rings is 1. The average Bonchev–Trinajstić information content (AvgIpc) is 2.55. The fourth-order valence-corrected chi connectivity index (χ4v) is 1.72. The van der Waals surface area contributed by atoms with E-state index in [1.165, 1.54) is 19.2 Å². The van der Waals surface area contributed by atoms with Crippen molar-refractivity contribution in [3.63, 3.8) is 0 Å². The van der Waals surface area contributed by atoms with Crippen molar-refractivity contribution in [2.45, 2.75) is 6.92 Å². The van der Waals surface area contributed by atoms with Crippen LogP contribution in [0.2, 0.25) is 0 Å². The molecule has 0 aliphatic rings. The molecule has 7 heteroatoms. The number of rotatable bonds is 5. The lowest BCUT2D eigenvalue weighted by molar-refractivity contribution is 0.0527. The van der Waals surface area contributed by atoms with Crippen molar-refractivity contribution in [3.05, 3.63) is 47.7 Å². The van der Waals surface area contributed by atoms with Crippen LogP contribution in [0.15, 0.2) is 36.4 Å². The van der Waals surface area contributed by atoms with Gasteiger partial charge < -0.3 is 14.8 Å². The van der Waals surface area contributed by atoms with Gasteiger partial charge in [0.25, 0.3) is 5.91 Å². The molecule has 0 aliphatic heterocycles. The van der Waals surface area contributed by atoms with Crippen LogP contribution in [0.5, 0.6) is 5.88 Å². The van der Waals surface area contributed by atoms with Gasteiger partial charge in [-0.25, -0.2) is 4.79 Å². The first kappa shape index (κ1) is 15.4. The Kier molecular flexibility index (Phi) is 5.02. The molecule has 2 rings (SSSR count). The van der Waals surface area contributed by atoms with Crippen molar-refractivity contribution >= 4 is 17.6 Å². The number of nitrogens with one attached hydrogen (secondary N) is 1. The molecule has 0 atom stereocenters. The summed E-state index contributed by atoms with van der Waals surface area (Å²) in [5.74, 6) is -0.672. The molecule has 0 saturated heterocycles. The van der Waals surface area contributed by atoms with E-state index in [0.717, 1.165) is 0 Å². The lowest BCUT2D eigenvalue weighted by Gasteiger charge is -2.09. The molecule has 0 fully saturated rings. The number of ether oxygens (including phenoxy) is 2. The quantitative estimate of drug-likeness (QED) is 0.848. The highest BCUT2D eigenvalue weighted by Gasteiger charge is 2.15. The third-order valence-electron chi connectivity index (χ3n) is 2.75. The average molecular weight is 301 g/mol. The number of nitrogens with zero attached hydrogens (tertiary/aromatic N) is 2. The van der Waals surface area contributed by atoms with Gasteiger partial charge in [-0.3, -0.25) is 4.79 Å². The van der Waals surface area contributed by atoms with E-state index in [0.29, 0.717) is 11.6 Å². The number of anilines is 1. The Hall–Kier alpha value is -2.96. The number of hydrogen-bond acceptors (Lipinski definition) is 6. The number of carbonyl (C=O) groups excluding carboxylic acids is 2. The number of amides is 1. The molecular weight excluding hydrogens is 286 g/mol. The molecule has 1 amide bonds. The second-order valence-electron chi connectivity index (χ2n) is 4.18. The molecule has 1 aromatic heterocycles. The Labute approximate surface area is 127 Å². The van der Waals surface area contributed by atoms with Crippen LogP contribution in [0.25, 0.3) is 0 Å². The first-order valence-corrected chi connectivity index (χ1v) is 6.61. The Balaban J connectivity index is 2.19. The predicted octanol–water partition coefficient (Wildman–Crippen LogP) is 1.91. The van der Waals surface area contributed by atoms with Crippen LogP contribution in [0, 0.1) is 0 Å². The molecule has 0 unspecified atom stereocenters. The van der Waals surface area contributed by atoms with Gasteiger partial charge in [0.05, 0.1) is 25.0 Å². The molecular formula is C15H15N3O4. The van der Waals surface area contributed by atoms with E-state index >= 15 is 0 Å². The SMILES string of the molecule is CCOC(=O)c1ccccc1NC(=O)c1ccc(OC)nn1. The summed E-state index contributed by atoms with van der Waals surface area (Å²) in [5, 5.41) is 10.1. The van der Waals surface area contributed by atoms with E-state index in [1.54, 1.807) is 31.2 Å². The van der Waals surface area contributed by atoms with Crippen molar-refractivity contribution in [1.82, 2.24) is 10.2 Å². The van der Waals surface area contributed by atoms with Crippen LogP contribution in [-0.4, -0.2) is 35.8 Å². The summed E-state index contributed by atoms with van der Waals surface area (Å²) in [6.45, 7) is 1.97. The van der Waals surface area contributed by atoms with Crippen LogP contribution >= 0.6 is 0 Å². The second kappa shape index (κ2) is 7.16. The summed E-state index contributed by atoms with van der Waals surface area (Å²) < 4.78 is 9.83. The predicted molar refractivity (Wildman–Crippen MR) is 78.9 cm³/mol. The van der Waals surface area contributed by atoms with Gasteiger partial charge in [-0.05, 0) is 25.1 Å². The minimum Gasteiger partial charge on any atom is -0.480 e. The molecule has 0 radical (unpaired) electrons. The molecule has 22 heavy (non-hydrogen) atoms. The number of hydrogen-bond donors (Lipinski definition) is 1. The van der Waals surface area contributed by atoms with E-state index in [1.807, 2.05) is 0 Å². The van der Waals surface area contributed by atoms with Crippen molar-refractivity contribution in [2.75, 3.05) is 19.0 Å². The second-order valence-corrected chi connectivity index (χ2v) is 4.18. The van der Waals surface area contributed by atoms with Crippen molar-refractivity contribution in [2.24, 2.45) is 0 Å². The maximum Gasteiger partial charge on any atom is 0.340 e. The number of aromatic nitrogens is 2. The Morgan fingerprint density at radius 3 is 2.55 bits per heavy atom. The third kappa shape index (κ3) is 3.57. The van der Waals surface area contributed by atoms with Gasteiger partial charge in [0.1, 0.15) is 0 Å². The van der Waals surface area contributed by atoms with Crippen LogP contribution in [0.1, 0.15) is 27.8 Å². The molecule has 114 valence electrons. The minimum atomic E-state index is -0.501. The maximum absolute atomic E-state index is 12.1. The first-order valence-electron chi connectivity index (χ1n) is 6.61. The van der Waals surface area contributed by atoms with Crippen LogP contribution in [0.4, 0.5) is 5.69 Å². The van der Waals surface area contributed by atoms with Crippen LogP contribution < -0.4 is 10.1 Å². The molecule has 0 spiro atoms. The standard InChI is InChI=1S/C15H15N3O4/c1-3-22-15(20)10-6-4-5-7-11(10)16-14(19)12-8-9-13(21-2)18-17-12/h4-9H,3H2,1-2H3,(H,16,19). The lowest BCUT2D eigenvalue weighted by atomic mass is 10.1. The van der Waals surface area contributed by atoms with Gasteiger partial charge in [0.2, 0.25) is 5.88 Å². The zero-order valence-corrected chi connectivity index (χ0v) is 12.2. The number of para-hydroxylation sites is 1. The van der Waals surface area contributed by atoms with E-state index in [4.69, 9.17) is 9.47 Å². The zero-order chi connectivity index (χ0) is 15.9. The van der Waals surface area contributed by atoms with E-state index in [9.17, 15) is 9.59 Å². The van der Waals surface area contributed by atoms with Crippen LogP contribution in [0.3, 0.4) is 0 Å². The molecule has 1 N–H and O–H groups in total. The summed E-state index contributed by atoms with van der Waals surface area (Å²) in [4.78, 5) is 24.0. The summed E-state index contributed by atoms with van der Waals surface area (Å²) >= 11 is 0. The fraction of sp³-hybridized carbons (Fsp3) is 0.200. The highest BCUT2D eigenvalue weighted by atomic mass is 16.5. The van der Waals surface area contributed by atoms with Crippen molar-refractivity contribution < 1.29 is 19.1 Å². The molecule has 2 aromatic rings. The zero-order valence-electron chi connectivity index (χ0n) is 12.2. The number of esters is 1. The highest BCUT2D eigenvalue weighted by Crippen LogP contribution is 2.17. The molecule has 0 saturated carbocycles. The number of methoxy groups -OCH3 is 1. The van der Waals surface area contributed by atoms with Gasteiger partial charge in [-0.1, -0.05) is 12.1 Å². The van der Waals surface area contributed by atoms with Gasteiger partial charge in [0.15, 0.2) is 5.69 Å². The smallest absolute Gasteiger partial charge is 0.340 e. The number of carbonyl (C=O) groups is 2. The van der Waals surface area contributed by atoms with E-state index < -0.39 is 11.9 Å². The Morgan fingerprint density at radius 2 is 1.91 bits per heavy atom. The molecule has 7 nitrogen and oxygen atoms in total. The summed E-state index contributed by atoms with van der Waals surface area (Å²) in [7, 11) is 1.46. The molecule has 0 aliphatic carbocycles. The van der Waals surface area contributed by atoms with Gasteiger partial charge in [0, 0.05) is 6.07 Å². The van der Waals surface area contributed by atoms with Crippen LogP contribution in [-0.2, 0) is 4.74 Å². The lowest BCUT2D eigenvalue weighted by Crippen LogP contribution is -2.17. The normalized spacial score (nSPS) is 9.91. The fourth-order valence-electron chi connectivity index (χ4n) is 1.72. The first-order chi connectivity index (χ1) is 10.7. The molecule has 1 aromatic carbocycles. The summed E-state index contributed by atoms with van der Waals surface area (Å²) in [6.07, 6.45) is 0. The monoisotopic (exact) mass is 301 g/mol. The maximum atomic E-state index is 12.1. The van der Waals surface area contributed by atoms with Gasteiger partial charge in [-0.2, -0.15) is 0 Å². The summed E-state index contributed by atoms with van der Waals surface area (Å²) in [5.41, 5.74) is 0.738. The molecule has 1 heterocycles. The van der Waals surface area contributed by atoms with Gasteiger partial charge in [-0.15, -0.1) is 10.2 Å². The third-order valence-corrected chi connectivity index (χ3v) is 2.75. The topological polar surface area (TPSA) is 90.4 Å². The van der Waals surface area contributed by atoms with E-state index in [-0.39, 0.29) is 17.9 Å². The minimum absolute atomic E-state index is 0.111. The largest absolute Gasteiger partial charge is 0.480 e. The molecule has 0 bridgehead atoms. The van der Waals surface area contributed by atoms with Gasteiger partial charge >= 0.3 is 5.97 Å². The van der Waals surface area contributed by atoms with Crippen molar-refractivity contribution in [3.8, 4) is 5.88 Å². The van der Waals surface area contributed by atoms with Crippen molar-refractivity contribution in [1.29, 1.82) is 0 Å².